The number of thioether (sulfide) groups is 1. The summed E-state index contributed by atoms with van der Waals surface area (Å²) in [6, 6.07) is -0.825. The van der Waals surface area contributed by atoms with E-state index in [0.29, 0.717) is 0 Å². The van der Waals surface area contributed by atoms with Crippen LogP contribution in [0.1, 0.15) is 33.6 Å². The largest absolute Gasteiger partial charge is 0.372 e. The number of ketones is 1. The van der Waals surface area contributed by atoms with E-state index >= 15 is 0 Å². The van der Waals surface area contributed by atoms with Gasteiger partial charge in [-0.05, 0) is 13.3 Å². The Morgan fingerprint density at radius 3 is 2.36 bits per heavy atom. The van der Waals surface area contributed by atoms with Crippen LogP contribution in [0.3, 0.4) is 0 Å². The number of hydrogen-bond donors (Lipinski definition) is 2. The highest BCUT2D eigenvalue weighted by Gasteiger charge is 2.26. The van der Waals surface area contributed by atoms with Crippen LogP contribution >= 0.6 is 11.8 Å². The fourth-order valence-electron chi connectivity index (χ4n) is 1.43. The molecule has 0 radical (unpaired) electrons. The summed E-state index contributed by atoms with van der Waals surface area (Å²) < 4.78 is 11.3. The first kappa shape index (κ1) is 20.7. The molecule has 0 aliphatic rings. The second-order valence-corrected chi connectivity index (χ2v) is 8.24. The molecule has 0 fully saturated rings. The summed E-state index contributed by atoms with van der Waals surface area (Å²) >= 11 is 1.08. The molecule has 7 nitrogen and oxygen atoms in total. The van der Waals surface area contributed by atoms with E-state index in [2.05, 4.69) is 10.1 Å². The number of hydrogen-bond acceptors (Lipinski definition) is 6. The molecule has 0 aromatic rings. The lowest BCUT2D eigenvalue weighted by molar-refractivity contribution is -0.131. The van der Waals surface area contributed by atoms with E-state index in [1.165, 1.54) is 13.2 Å². The zero-order valence-corrected chi connectivity index (χ0v) is 14.8. The van der Waals surface area contributed by atoms with Gasteiger partial charge in [0.05, 0.1) is 16.4 Å². The Labute approximate surface area is 136 Å². The lowest BCUT2D eigenvalue weighted by Crippen LogP contribution is -2.45. The summed E-state index contributed by atoms with van der Waals surface area (Å²) in [7, 11) is -1.34. The molecule has 124 valence electrons. The molecule has 0 saturated heterocycles. The molecular formula is C13H22N3O4S2+. The molecule has 0 aliphatic heterocycles. The highest BCUT2D eigenvalue weighted by Crippen LogP contribution is 2.16. The maximum absolute atomic E-state index is 12.1. The molecule has 22 heavy (non-hydrogen) atoms. The van der Waals surface area contributed by atoms with E-state index in [4.69, 9.17) is 5.53 Å². The molecule has 0 rings (SSSR count). The molecule has 0 bridgehead atoms. The first-order valence-electron chi connectivity index (χ1n) is 6.74. The number of carbonyl (C=O) groups is 3. The molecule has 0 aromatic heterocycles. The van der Waals surface area contributed by atoms with Gasteiger partial charge in [-0.3, -0.25) is 18.6 Å². The van der Waals surface area contributed by atoms with Gasteiger partial charge in [-0.15, -0.1) is 0 Å². The minimum Gasteiger partial charge on any atom is -0.344 e. The van der Waals surface area contributed by atoms with Crippen molar-refractivity contribution >= 4 is 45.6 Å². The standard InChI is InChI=1S/C13H21N3O4S2/c1-8(2)21-13(19)11(6-5-10(17)7-15-14)16-12(18)9(3)22(4)20/h7-9,11,14H,5-6H2,1-4H3/p+1/t9-,11-,22?/m0/s1. The average molecular weight is 348 g/mol. The van der Waals surface area contributed by atoms with Crippen LogP contribution in [-0.2, 0) is 25.2 Å². The van der Waals surface area contributed by atoms with Crippen LogP contribution in [0.5, 0.6) is 0 Å². The molecule has 2 N–H and O–H groups in total. The number of nitrogens with one attached hydrogen (secondary N) is 2. The molecule has 0 aromatic carbocycles. The number of amides is 1. The molecule has 1 unspecified atom stereocenters. The first-order valence-corrected chi connectivity index (χ1v) is 9.24. The van der Waals surface area contributed by atoms with Crippen LogP contribution in [0.4, 0.5) is 0 Å². The third-order valence-electron chi connectivity index (χ3n) is 2.71. The van der Waals surface area contributed by atoms with Crippen molar-refractivity contribution < 1.29 is 23.4 Å². The lowest BCUT2D eigenvalue weighted by atomic mass is 10.1. The van der Waals surface area contributed by atoms with Gasteiger partial charge in [0.25, 0.3) is 0 Å². The summed E-state index contributed by atoms with van der Waals surface area (Å²) in [6.07, 6.45) is 2.40. The molecule has 1 amide bonds. The Kier molecular flexibility index (Phi) is 9.80. The zero-order chi connectivity index (χ0) is 17.3. The maximum atomic E-state index is 12.1. The van der Waals surface area contributed by atoms with Gasteiger partial charge in [0.1, 0.15) is 5.25 Å². The van der Waals surface area contributed by atoms with Gasteiger partial charge in [-0.1, -0.05) is 25.6 Å². The smallest absolute Gasteiger partial charge is 0.344 e. The van der Waals surface area contributed by atoms with Crippen molar-refractivity contribution in [3.63, 3.8) is 0 Å². The van der Waals surface area contributed by atoms with E-state index in [1.54, 1.807) is 0 Å². The van der Waals surface area contributed by atoms with Gasteiger partial charge in [0.15, 0.2) is 0 Å². The van der Waals surface area contributed by atoms with Crippen molar-refractivity contribution in [1.82, 2.24) is 5.32 Å². The predicted molar refractivity (Wildman–Crippen MR) is 86.5 cm³/mol. The number of rotatable bonds is 9. The molecule has 9 heteroatoms. The number of nitrogens with zero attached hydrogens (tertiary/aromatic N) is 1. The second kappa shape index (κ2) is 10.4. The molecule has 3 atom stereocenters. The van der Waals surface area contributed by atoms with Gasteiger partial charge in [-0.25, -0.2) is 0 Å². The fourth-order valence-corrected chi connectivity index (χ4v) is 2.60. The van der Waals surface area contributed by atoms with Gasteiger partial charge in [0.2, 0.25) is 16.8 Å². The fraction of sp³-hybridized carbons (Fsp3) is 0.692. The second-order valence-electron chi connectivity index (χ2n) is 4.95. The molecular weight excluding hydrogens is 326 g/mol. The lowest BCUT2D eigenvalue weighted by Gasteiger charge is -2.19. The summed E-state index contributed by atoms with van der Waals surface area (Å²) in [6.45, 7) is 5.21. The van der Waals surface area contributed by atoms with Crippen LogP contribution in [-0.4, -0.2) is 54.8 Å². The van der Waals surface area contributed by atoms with Crippen molar-refractivity contribution in [1.29, 1.82) is 5.53 Å². The van der Waals surface area contributed by atoms with Gasteiger partial charge < -0.3 is 5.32 Å². The van der Waals surface area contributed by atoms with Crippen molar-refractivity contribution in [2.75, 3.05) is 6.26 Å². The Bertz CT molecular complexity index is 502. The van der Waals surface area contributed by atoms with Crippen molar-refractivity contribution in [3.05, 3.63) is 0 Å². The van der Waals surface area contributed by atoms with Gasteiger partial charge in [-0.2, -0.15) is 0 Å². The highest BCUT2D eigenvalue weighted by atomic mass is 32.2. The Morgan fingerprint density at radius 1 is 1.32 bits per heavy atom. The van der Waals surface area contributed by atoms with Crippen LogP contribution < -0.4 is 5.32 Å². The van der Waals surface area contributed by atoms with Crippen LogP contribution in [0.25, 0.3) is 0 Å². The highest BCUT2D eigenvalue weighted by molar-refractivity contribution is 8.14. The summed E-state index contributed by atoms with van der Waals surface area (Å²) in [4.78, 5) is 38.3. The van der Waals surface area contributed by atoms with E-state index in [1.807, 2.05) is 13.8 Å². The van der Waals surface area contributed by atoms with Gasteiger partial charge >= 0.3 is 6.21 Å². The SMILES string of the molecule is CC(C)SC(=O)[C@H](CCC(=O)C=[N+]=N)NC(=O)[C@H](C)S(C)=O. The van der Waals surface area contributed by atoms with Gasteiger partial charge in [0, 0.05) is 28.7 Å². The molecule has 0 spiro atoms. The Balaban J connectivity index is 4.89. The monoisotopic (exact) mass is 348 g/mol. The van der Waals surface area contributed by atoms with E-state index in [0.717, 1.165) is 18.0 Å². The molecule has 0 aliphatic carbocycles. The maximum Gasteiger partial charge on any atom is 0.372 e. The first-order chi connectivity index (χ1) is 10.2. The summed E-state index contributed by atoms with van der Waals surface area (Å²) in [5.74, 6) is -0.867. The van der Waals surface area contributed by atoms with Crippen molar-refractivity contribution in [2.45, 2.75) is 50.2 Å². The topological polar surface area (TPSA) is 118 Å². The minimum absolute atomic E-state index is 0.00131. The van der Waals surface area contributed by atoms with E-state index < -0.39 is 28.0 Å². The van der Waals surface area contributed by atoms with Crippen LogP contribution in [0, 0.1) is 5.53 Å². The van der Waals surface area contributed by atoms with Crippen molar-refractivity contribution in [2.24, 2.45) is 0 Å². The van der Waals surface area contributed by atoms with Crippen molar-refractivity contribution in [3.8, 4) is 0 Å². The molecule has 0 saturated carbocycles. The average Bonchev–Trinajstić information content (AvgIpc) is 2.41. The van der Waals surface area contributed by atoms with Crippen LogP contribution in [0.2, 0.25) is 0 Å². The van der Waals surface area contributed by atoms with Crippen LogP contribution in [0.15, 0.2) is 0 Å². The molecule has 0 heterocycles. The number of carbonyl (C=O) groups excluding carboxylic acids is 3. The summed E-state index contributed by atoms with van der Waals surface area (Å²) in [5, 5.41) is 1.63. The normalized spacial score (nSPS) is 14.6. The zero-order valence-electron chi connectivity index (χ0n) is 13.1. The third kappa shape index (κ3) is 8.21. The summed E-state index contributed by atoms with van der Waals surface area (Å²) in [5.41, 5.74) is 6.59. The minimum atomic E-state index is -1.34. The Morgan fingerprint density at radius 2 is 1.91 bits per heavy atom. The Hall–Kier alpha value is -1.31. The van der Waals surface area contributed by atoms with E-state index in [9.17, 15) is 18.6 Å². The quantitative estimate of drug-likeness (QED) is 0.359. The number of Topliss-reactive ketones (excluding diaryl/α,β-unsaturated/α-hetero) is 1. The predicted octanol–water partition coefficient (Wildman–Crippen LogP) is 0.566. The van der Waals surface area contributed by atoms with E-state index in [-0.39, 0.29) is 29.0 Å². The third-order valence-corrected chi connectivity index (χ3v) is 4.91.